The van der Waals surface area contributed by atoms with Crippen LogP contribution >= 0.6 is 0 Å². The second-order valence-corrected chi connectivity index (χ2v) is 4.07. The molecule has 0 spiro atoms. The Balaban J connectivity index is 2.88. The molecule has 0 saturated heterocycles. The maximum atomic E-state index is 11.1. The molecule has 0 heterocycles. The number of rotatable bonds is 6. The van der Waals surface area contributed by atoms with Crippen molar-refractivity contribution < 1.29 is 4.79 Å². The van der Waals surface area contributed by atoms with Crippen molar-refractivity contribution >= 4 is 12.4 Å². The van der Waals surface area contributed by atoms with E-state index in [0.717, 1.165) is 36.7 Å². The summed E-state index contributed by atoms with van der Waals surface area (Å²) in [6, 6.07) is 10.0. The standard InChI is InChI=1S/C15H20O/c1-3-8-14(4-2)15(12-16)11-13-9-6-5-7-10-13/h5-7,9-12,14H,3-4,8H2,1-2H3. The van der Waals surface area contributed by atoms with Crippen LogP contribution in [0.5, 0.6) is 0 Å². The van der Waals surface area contributed by atoms with Crippen LogP contribution in [-0.4, -0.2) is 6.29 Å². The topological polar surface area (TPSA) is 17.1 Å². The lowest BCUT2D eigenvalue weighted by Crippen LogP contribution is -2.03. The summed E-state index contributed by atoms with van der Waals surface area (Å²) in [5, 5.41) is 0. The summed E-state index contributed by atoms with van der Waals surface area (Å²) in [7, 11) is 0. The van der Waals surface area contributed by atoms with E-state index >= 15 is 0 Å². The number of carbonyl (C=O) groups excluding carboxylic acids is 1. The fourth-order valence-electron chi connectivity index (χ4n) is 1.94. The molecule has 1 heteroatoms. The molecule has 0 aliphatic rings. The fourth-order valence-corrected chi connectivity index (χ4v) is 1.94. The zero-order chi connectivity index (χ0) is 11.8. The van der Waals surface area contributed by atoms with Crippen molar-refractivity contribution in [1.29, 1.82) is 0 Å². The second kappa shape index (κ2) is 7.00. The molecule has 0 aliphatic carbocycles. The Hall–Kier alpha value is -1.37. The minimum Gasteiger partial charge on any atom is -0.298 e. The summed E-state index contributed by atoms with van der Waals surface area (Å²) in [6.45, 7) is 4.30. The van der Waals surface area contributed by atoms with Gasteiger partial charge >= 0.3 is 0 Å². The minimum atomic E-state index is 0.405. The fraction of sp³-hybridized carbons (Fsp3) is 0.400. The van der Waals surface area contributed by atoms with Gasteiger partial charge in [0.1, 0.15) is 6.29 Å². The maximum Gasteiger partial charge on any atom is 0.146 e. The van der Waals surface area contributed by atoms with Gasteiger partial charge in [-0.3, -0.25) is 4.79 Å². The van der Waals surface area contributed by atoms with E-state index < -0.39 is 0 Å². The van der Waals surface area contributed by atoms with E-state index in [2.05, 4.69) is 13.8 Å². The van der Waals surface area contributed by atoms with Crippen LogP contribution in [0, 0.1) is 5.92 Å². The average Bonchev–Trinajstić information content (AvgIpc) is 2.35. The van der Waals surface area contributed by atoms with Crippen molar-refractivity contribution in [3.05, 3.63) is 41.5 Å². The number of aldehydes is 1. The van der Waals surface area contributed by atoms with E-state index in [-0.39, 0.29) is 0 Å². The lowest BCUT2D eigenvalue weighted by Gasteiger charge is -2.13. The summed E-state index contributed by atoms with van der Waals surface area (Å²) in [5.41, 5.74) is 2.04. The van der Waals surface area contributed by atoms with Gasteiger partial charge in [-0.25, -0.2) is 0 Å². The minimum absolute atomic E-state index is 0.405. The van der Waals surface area contributed by atoms with E-state index in [1.807, 2.05) is 36.4 Å². The van der Waals surface area contributed by atoms with Gasteiger partial charge < -0.3 is 0 Å². The molecule has 0 saturated carbocycles. The van der Waals surface area contributed by atoms with Crippen LogP contribution in [0.15, 0.2) is 35.9 Å². The number of allylic oxidation sites excluding steroid dienone is 1. The van der Waals surface area contributed by atoms with Gasteiger partial charge in [0.05, 0.1) is 0 Å². The van der Waals surface area contributed by atoms with Crippen LogP contribution in [0.1, 0.15) is 38.7 Å². The molecule has 1 nitrogen and oxygen atoms in total. The van der Waals surface area contributed by atoms with Crippen molar-refractivity contribution in [2.75, 3.05) is 0 Å². The zero-order valence-electron chi connectivity index (χ0n) is 10.1. The van der Waals surface area contributed by atoms with E-state index in [1.54, 1.807) is 0 Å². The second-order valence-electron chi connectivity index (χ2n) is 4.07. The summed E-state index contributed by atoms with van der Waals surface area (Å²) < 4.78 is 0. The Morgan fingerprint density at radius 2 is 1.94 bits per heavy atom. The molecule has 1 atom stereocenters. The molecule has 0 fully saturated rings. The molecular formula is C15H20O. The lowest BCUT2D eigenvalue weighted by molar-refractivity contribution is -0.105. The molecule has 1 rings (SSSR count). The number of carbonyl (C=O) groups is 1. The van der Waals surface area contributed by atoms with Crippen LogP contribution < -0.4 is 0 Å². The third kappa shape index (κ3) is 3.65. The molecule has 0 aliphatic heterocycles. The van der Waals surface area contributed by atoms with Gasteiger partial charge in [-0.1, -0.05) is 50.6 Å². The van der Waals surface area contributed by atoms with E-state index in [9.17, 15) is 4.79 Å². The molecular weight excluding hydrogens is 196 g/mol. The third-order valence-electron chi connectivity index (χ3n) is 2.87. The number of benzene rings is 1. The molecule has 1 aromatic rings. The molecule has 16 heavy (non-hydrogen) atoms. The van der Waals surface area contributed by atoms with E-state index in [4.69, 9.17) is 0 Å². The van der Waals surface area contributed by atoms with Gasteiger partial charge in [0.2, 0.25) is 0 Å². The highest BCUT2D eigenvalue weighted by molar-refractivity contribution is 5.82. The molecule has 0 N–H and O–H groups in total. The Kier molecular flexibility index (Phi) is 5.55. The first-order valence-corrected chi connectivity index (χ1v) is 6.03. The van der Waals surface area contributed by atoms with Crippen molar-refractivity contribution in [2.45, 2.75) is 33.1 Å². The van der Waals surface area contributed by atoms with Crippen LogP contribution in [0.3, 0.4) is 0 Å². The summed E-state index contributed by atoms with van der Waals surface area (Å²) in [6.07, 6.45) is 6.27. The van der Waals surface area contributed by atoms with Gasteiger partial charge in [0.15, 0.2) is 0 Å². The lowest BCUT2D eigenvalue weighted by atomic mass is 9.91. The van der Waals surface area contributed by atoms with E-state index in [0.29, 0.717) is 5.92 Å². The highest BCUT2D eigenvalue weighted by atomic mass is 16.1. The number of hydrogen-bond acceptors (Lipinski definition) is 1. The van der Waals surface area contributed by atoms with Gasteiger partial charge in [0, 0.05) is 0 Å². The highest BCUT2D eigenvalue weighted by Gasteiger charge is 2.10. The van der Waals surface area contributed by atoms with Crippen LogP contribution in [0.25, 0.3) is 6.08 Å². The molecule has 0 amide bonds. The Bertz CT molecular complexity index is 338. The van der Waals surface area contributed by atoms with Crippen molar-refractivity contribution in [3.63, 3.8) is 0 Å². The third-order valence-corrected chi connectivity index (χ3v) is 2.87. The molecule has 1 unspecified atom stereocenters. The summed E-state index contributed by atoms with van der Waals surface area (Å²) >= 11 is 0. The summed E-state index contributed by atoms with van der Waals surface area (Å²) in [4.78, 5) is 11.1. The monoisotopic (exact) mass is 216 g/mol. The van der Waals surface area contributed by atoms with E-state index in [1.165, 1.54) is 0 Å². The summed E-state index contributed by atoms with van der Waals surface area (Å²) in [5.74, 6) is 0.405. The quantitative estimate of drug-likeness (QED) is 0.517. The zero-order valence-corrected chi connectivity index (χ0v) is 10.1. The van der Waals surface area contributed by atoms with Gasteiger partial charge in [-0.15, -0.1) is 0 Å². The predicted octanol–water partition coefficient (Wildman–Crippen LogP) is 4.10. The van der Waals surface area contributed by atoms with Gasteiger partial charge in [-0.05, 0) is 36.0 Å². The average molecular weight is 216 g/mol. The smallest absolute Gasteiger partial charge is 0.146 e. The number of hydrogen-bond donors (Lipinski definition) is 0. The van der Waals surface area contributed by atoms with Crippen LogP contribution in [0.2, 0.25) is 0 Å². The Labute approximate surface area is 98.2 Å². The maximum absolute atomic E-state index is 11.1. The molecule has 86 valence electrons. The largest absolute Gasteiger partial charge is 0.298 e. The molecule has 0 bridgehead atoms. The Morgan fingerprint density at radius 1 is 1.25 bits per heavy atom. The van der Waals surface area contributed by atoms with Crippen molar-refractivity contribution in [2.24, 2.45) is 5.92 Å². The normalized spacial score (nSPS) is 13.5. The first kappa shape index (κ1) is 12.7. The molecule has 0 aromatic heterocycles. The van der Waals surface area contributed by atoms with Gasteiger partial charge in [0.25, 0.3) is 0 Å². The first-order valence-electron chi connectivity index (χ1n) is 6.03. The van der Waals surface area contributed by atoms with Crippen molar-refractivity contribution in [3.8, 4) is 0 Å². The van der Waals surface area contributed by atoms with Crippen LogP contribution in [-0.2, 0) is 4.79 Å². The highest BCUT2D eigenvalue weighted by Crippen LogP contribution is 2.21. The van der Waals surface area contributed by atoms with Crippen molar-refractivity contribution in [1.82, 2.24) is 0 Å². The molecule has 0 radical (unpaired) electrons. The SMILES string of the molecule is CCCC(CC)C(C=O)=Cc1ccccc1. The predicted molar refractivity (Wildman–Crippen MR) is 69.2 cm³/mol. The Morgan fingerprint density at radius 3 is 2.44 bits per heavy atom. The van der Waals surface area contributed by atoms with Gasteiger partial charge in [-0.2, -0.15) is 0 Å². The first-order chi connectivity index (χ1) is 7.81. The van der Waals surface area contributed by atoms with Crippen LogP contribution in [0.4, 0.5) is 0 Å². The molecule has 1 aromatic carbocycles.